The second-order valence-electron chi connectivity index (χ2n) is 3.67. The lowest BCUT2D eigenvalue weighted by atomic mass is 10.1. The molecule has 1 fully saturated rings. The van der Waals surface area contributed by atoms with Crippen LogP contribution in [0.25, 0.3) is 0 Å². The molecule has 1 saturated heterocycles. The molecule has 13 heavy (non-hydrogen) atoms. The predicted molar refractivity (Wildman–Crippen MR) is 53.0 cm³/mol. The van der Waals surface area contributed by atoms with Crippen LogP contribution in [0, 0.1) is 0 Å². The molecule has 3 heteroatoms. The summed E-state index contributed by atoms with van der Waals surface area (Å²) in [7, 11) is 3.48. The lowest BCUT2D eigenvalue weighted by molar-refractivity contribution is 0.00290. The Kier molecular flexibility index (Phi) is 5.35. The van der Waals surface area contributed by atoms with Gasteiger partial charge in [0.2, 0.25) is 0 Å². The number of nitrogens with zero attached hydrogens (tertiary/aromatic N) is 1. The summed E-state index contributed by atoms with van der Waals surface area (Å²) in [6.45, 7) is 4.17. The predicted octanol–water partition coefficient (Wildman–Crippen LogP) is 1.13. The van der Waals surface area contributed by atoms with Gasteiger partial charge in [-0.15, -0.1) is 0 Å². The van der Waals surface area contributed by atoms with Crippen molar-refractivity contribution in [2.45, 2.75) is 25.4 Å². The third kappa shape index (κ3) is 4.07. The number of methoxy groups -OCH3 is 2. The van der Waals surface area contributed by atoms with Crippen molar-refractivity contribution in [3.63, 3.8) is 0 Å². The molecule has 0 radical (unpaired) electrons. The molecule has 78 valence electrons. The van der Waals surface area contributed by atoms with Gasteiger partial charge in [0.05, 0.1) is 12.7 Å². The molecule has 1 unspecified atom stereocenters. The van der Waals surface area contributed by atoms with Gasteiger partial charge in [-0.1, -0.05) is 6.42 Å². The molecule has 0 N–H and O–H groups in total. The molecule has 1 aliphatic heterocycles. The van der Waals surface area contributed by atoms with Crippen LogP contribution in [0.15, 0.2) is 0 Å². The van der Waals surface area contributed by atoms with Crippen LogP contribution in [0.5, 0.6) is 0 Å². The first-order valence-electron chi connectivity index (χ1n) is 5.11. The van der Waals surface area contributed by atoms with E-state index in [0.29, 0.717) is 6.61 Å². The molecule has 0 spiro atoms. The summed E-state index contributed by atoms with van der Waals surface area (Å²) >= 11 is 0. The van der Waals surface area contributed by atoms with E-state index in [1.165, 1.54) is 32.4 Å². The van der Waals surface area contributed by atoms with Crippen molar-refractivity contribution in [3.8, 4) is 0 Å². The number of hydrogen-bond acceptors (Lipinski definition) is 3. The lowest BCUT2D eigenvalue weighted by Gasteiger charge is -2.29. The number of likely N-dealkylation sites (tertiary alicyclic amines) is 1. The zero-order chi connectivity index (χ0) is 9.52. The van der Waals surface area contributed by atoms with E-state index in [0.717, 1.165) is 6.54 Å². The van der Waals surface area contributed by atoms with E-state index in [-0.39, 0.29) is 6.10 Å². The SMILES string of the molecule is COCC(CN1CCCCC1)OC. The first kappa shape index (κ1) is 11.0. The molecule has 1 rings (SSSR count). The topological polar surface area (TPSA) is 21.7 Å². The minimum Gasteiger partial charge on any atom is -0.382 e. The number of ether oxygens (including phenoxy) is 2. The second kappa shape index (κ2) is 6.35. The highest BCUT2D eigenvalue weighted by Gasteiger charge is 2.15. The Morgan fingerprint density at radius 1 is 1.15 bits per heavy atom. The van der Waals surface area contributed by atoms with Crippen LogP contribution in [-0.4, -0.2) is 51.5 Å². The Bertz CT molecular complexity index is 121. The van der Waals surface area contributed by atoms with E-state index in [2.05, 4.69) is 4.90 Å². The van der Waals surface area contributed by atoms with E-state index < -0.39 is 0 Å². The van der Waals surface area contributed by atoms with E-state index in [1.54, 1.807) is 14.2 Å². The highest BCUT2D eigenvalue weighted by molar-refractivity contribution is 4.69. The Morgan fingerprint density at radius 2 is 1.85 bits per heavy atom. The molecule has 1 heterocycles. The summed E-state index contributed by atoms with van der Waals surface area (Å²) in [5.41, 5.74) is 0. The zero-order valence-electron chi connectivity index (χ0n) is 8.79. The standard InChI is InChI=1S/C10H21NO2/c1-12-9-10(13-2)8-11-6-4-3-5-7-11/h10H,3-9H2,1-2H3. The summed E-state index contributed by atoms with van der Waals surface area (Å²) in [4.78, 5) is 2.47. The molecule has 0 aromatic rings. The minimum atomic E-state index is 0.239. The van der Waals surface area contributed by atoms with Gasteiger partial charge in [-0.2, -0.15) is 0 Å². The van der Waals surface area contributed by atoms with Gasteiger partial charge in [0.25, 0.3) is 0 Å². The van der Waals surface area contributed by atoms with Gasteiger partial charge in [0.1, 0.15) is 0 Å². The highest BCUT2D eigenvalue weighted by atomic mass is 16.5. The maximum absolute atomic E-state index is 5.33. The molecular weight excluding hydrogens is 166 g/mol. The molecule has 0 aromatic carbocycles. The Hall–Kier alpha value is -0.120. The van der Waals surface area contributed by atoms with Crippen LogP contribution in [0.2, 0.25) is 0 Å². The Balaban J connectivity index is 2.18. The van der Waals surface area contributed by atoms with Crippen LogP contribution >= 0.6 is 0 Å². The average Bonchev–Trinajstić information content (AvgIpc) is 2.19. The summed E-state index contributed by atoms with van der Waals surface area (Å²) < 4.78 is 10.4. The van der Waals surface area contributed by atoms with Crippen molar-refractivity contribution < 1.29 is 9.47 Å². The molecule has 0 bridgehead atoms. The molecule has 1 atom stereocenters. The van der Waals surface area contributed by atoms with E-state index in [4.69, 9.17) is 9.47 Å². The summed E-state index contributed by atoms with van der Waals surface area (Å²) in [6, 6.07) is 0. The molecule has 0 aromatic heterocycles. The van der Waals surface area contributed by atoms with Crippen molar-refractivity contribution in [2.24, 2.45) is 0 Å². The smallest absolute Gasteiger partial charge is 0.0931 e. The average molecular weight is 187 g/mol. The van der Waals surface area contributed by atoms with E-state index in [9.17, 15) is 0 Å². The number of piperidine rings is 1. The summed E-state index contributed by atoms with van der Waals surface area (Å²) in [6.07, 6.45) is 4.30. The minimum absolute atomic E-state index is 0.239. The van der Waals surface area contributed by atoms with Crippen LogP contribution in [0.3, 0.4) is 0 Å². The number of rotatable bonds is 5. The fourth-order valence-electron chi connectivity index (χ4n) is 1.81. The lowest BCUT2D eigenvalue weighted by Crippen LogP contribution is -2.38. The van der Waals surface area contributed by atoms with Crippen molar-refractivity contribution in [2.75, 3.05) is 40.5 Å². The third-order valence-electron chi connectivity index (χ3n) is 2.60. The van der Waals surface area contributed by atoms with Crippen molar-refractivity contribution in [1.82, 2.24) is 4.90 Å². The quantitative estimate of drug-likeness (QED) is 0.644. The van der Waals surface area contributed by atoms with Crippen LogP contribution in [0.1, 0.15) is 19.3 Å². The summed E-state index contributed by atoms with van der Waals surface area (Å²) in [5, 5.41) is 0. The summed E-state index contributed by atoms with van der Waals surface area (Å²) in [5.74, 6) is 0. The first-order valence-corrected chi connectivity index (χ1v) is 5.11. The van der Waals surface area contributed by atoms with E-state index in [1.807, 2.05) is 0 Å². The van der Waals surface area contributed by atoms with E-state index >= 15 is 0 Å². The fraction of sp³-hybridized carbons (Fsp3) is 1.00. The molecule has 0 saturated carbocycles. The molecule has 1 aliphatic rings. The highest BCUT2D eigenvalue weighted by Crippen LogP contribution is 2.09. The first-order chi connectivity index (χ1) is 6.36. The monoisotopic (exact) mass is 187 g/mol. The third-order valence-corrected chi connectivity index (χ3v) is 2.60. The van der Waals surface area contributed by atoms with Gasteiger partial charge >= 0.3 is 0 Å². The normalized spacial score (nSPS) is 21.7. The fourth-order valence-corrected chi connectivity index (χ4v) is 1.81. The van der Waals surface area contributed by atoms with Crippen molar-refractivity contribution in [1.29, 1.82) is 0 Å². The maximum Gasteiger partial charge on any atom is 0.0931 e. The van der Waals surface area contributed by atoms with Crippen molar-refractivity contribution in [3.05, 3.63) is 0 Å². The van der Waals surface area contributed by atoms with Crippen molar-refractivity contribution >= 4 is 0 Å². The molecular formula is C10H21NO2. The van der Waals surface area contributed by atoms with Crippen LogP contribution in [0.4, 0.5) is 0 Å². The van der Waals surface area contributed by atoms with Gasteiger partial charge in [0.15, 0.2) is 0 Å². The molecule has 0 aliphatic carbocycles. The van der Waals surface area contributed by atoms with Gasteiger partial charge in [-0.25, -0.2) is 0 Å². The molecule has 0 amide bonds. The van der Waals surface area contributed by atoms with Gasteiger partial charge < -0.3 is 14.4 Å². The largest absolute Gasteiger partial charge is 0.382 e. The Morgan fingerprint density at radius 3 is 2.38 bits per heavy atom. The maximum atomic E-state index is 5.33. The second-order valence-corrected chi connectivity index (χ2v) is 3.67. The molecule has 3 nitrogen and oxygen atoms in total. The van der Waals surface area contributed by atoms with Crippen LogP contribution in [-0.2, 0) is 9.47 Å². The van der Waals surface area contributed by atoms with Gasteiger partial charge in [-0.3, -0.25) is 0 Å². The van der Waals surface area contributed by atoms with Gasteiger partial charge in [-0.05, 0) is 25.9 Å². The Labute approximate surface area is 81.0 Å². The van der Waals surface area contributed by atoms with Crippen LogP contribution < -0.4 is 0 Å². The van der Waals surface area contributed by atoms with Gasteiger partial charge in [0, 0.05) is 20.8 Å². The zero-order valence-corrected chi connectivity index (χ0v) is 8.79. The number of hydrogen-bond donors (Lipinski definition) is 0.